The summed E-state index contributed by atoms with van der Waals surface area (Å²) in [5, 5.41) is 19.0. The zero-order valence-electron chi connectivity index (χ0n) is 20.9. The van der Waals surface area contributed by atoms with Crippen LogP contribution >= 0.6 is 18.3 Å². The van der Waals surface area contributed by atoms with Crippen LogP contribution < -0.4 is 17.0 Å². The van der Waals surface area contributed by atoms with Crippen LogP contribution in [0, 0.1) is 0 Å². The second kappa shape index (κ2) is 10.5. The number of hydrogen-bond acceptors (Lipinski definition) is 12. The third-order valence-corrected chi connectivity index (χ3v) is 11.9. The molecule has 0 amide bonds. The molecule has 9 atom stereocenters. The van der Waals surface area contributed by atoms with Gasteiger partial charge in [0.1, 0.15) is 42.0 Å². The number of H-pyrrole nitrogens is 1. The molecule has 0 radical (unpaired) electrons. The van der Waals surface area contributed by atoms with Crippen molar-refractivity contribution in [3.63, 3.8) is 0 Å². The number of aliphatic hydroxyl groups excluding tert-OH is 2. The van der Waals surface area contributed by atoms with Gasteiger partial charge in [0, 0.05) is 12.3 Å². The summed E-state index contributed by atoms with van der Waals surface area (Å²) in [5.74, 6) is 0.235. The van der Waals surface area contributed by atoms with Crippen LogP contribution in [-0.2, 0) is 21.1 Å². The normalized spacial score (nSPS) is 31.7. The van der Waals surface area contributed by atoms with Crippen LogP contribution in [0.4, 0.5) is 20.4 Å². The quantitative estimate of drug-likeness (QED) is 0.154. The second-order valence-corrected chi connectivity index (χ2v) is 14.6. The molecule has 2 saturated heterocycles. The summed E-state index contributed by atoms with van der Waals surface area (Å²) >= 11 is 6.41. The Morgan fingerprint density at radius 2 is 2.02 bits per heavy atom. The van der Waals surface area contributed by atoms with Gasteiger partial charge in [0.15, 0.2) is 24.4 Å². The third-order valence-electron chi connectivity index (χ3n) is 7.25. The first-order chi connectivity index (χ1) is 19.5. The molecule has 14 nitrogen and oxygen atoms in total. The van der Waals surface area contributed by atoms with Gasteiger partial charge in [-0.25, -0.2) is 23.7 Å². The summed E-state index contributed by atoms with van der Waals surface area (Å²) in [7, 11) is 0. The van der Waals surface area contributed by atoms with Crippen molar-refractivity contribution in [3.05, 3.63) is 41.3 Å². The van der Waals surface area contributed by atoms with Crippen LogP contribution in [0.25, 0.3) is 22.1 Å². The Balaban J connectivity index is 1.25. The van der Waals surface area contributed by atoms with Crippen molar-refractivity contribution in [3.8, 4) is 0 Å². The summed E-state index contributed by atoms with van der Waals surface area (Å²) in [6, 6.07) is 3.03. The first-order valence-electron chi connectivity index (χ1n) is 12.3. The van der Waals surface area contributed by atoms with Crippen molar-refractivity contribution < 1.29 is 33.1 Å². The average molecular weight is 631 g/mol. The lowest BCUT2D eigenvalue weighted by molar-refractivity contribution is -0.0413. The van der Waals surface area contributed by atoms with Crippen LogP contribution in [0.2, 0.25) is 0 Å². The van der Waals surface area contributed by atoms with E-state index in [1.54, 1.807) is 6.07 Å². The van der Waals surface area contributed by atoms with Gasteiger partial charge in [-0.1, -0.05) is 0 Å². The predicted molar refractivity (Wildman–Crippen MR) is 150 cm³/mol. The van der Waals surface area contributed by atoms with E-state index in [2.05, 4.69) is 19.9 Å². The van der Waals surface area contributed by atoms with Gasteiger partial charge in [0.05, 0.1) is 46.7 Å². The van der Waals surface area contributed by atoms with E-state index in [1.165, 1.54) is 34.1 Å². The first kappa shape index (κ1) is 28.4. The number of rotatable bonds is 7. The fraction of sp³-hybridized carbons (Fsp3) is 0.455. The van der Waals surface area contributed by atoms with Crippen LogP contribution in [0.1, 0.15) is 11.6 Å². The molecule has 6 heterocycles. The molecule has 1 unspecified atom stereocenters. The molecular formula is C22H25F2N8O6PS2. The minimum Gasteiger partial charge on any atom is -0.395 e. The molecule has 4 aromatic rings. The Kier molecular flexibility index (Phi) is 7.30. The summed E-state index contributed by atoms with van der Waals surface area (Å²) in [5.41, 5.74) is 10.3. The molecular weight excluding hydrogens is 605 g/mol. The van der Waals surface area contributed by atoms with Crippen LogP contribution in [0.3, 0.4) is 0 Å². The van der Waals surface area contributed by atoms with Crippen molar-refractivity contribution >= 4 is 63.8 Å². The second-order valence-electron chi connectivity index (χ2n) is 9.70. The molecule has 2 aliphatic rings. The third kappa shape index (κ3) is 4.71. The van der Waals surface area contributed by atoms with Gasteiger partial charge in [-0.15, -0.1) is 11.8 Å². The summed E-state index contributed by atoms with van der Waals surface area (Å²) < 4.78 is 45.1. The molecule has 8 N–H and O–H groups in total. The number of nitrogens with one attached hydrogen (secondary N) is 1. The summed E-state index contributed by atoms with van der Waals surface area (Å²) in [4.78, 5) is 38.2. The lowest BCUT2D eigenvalue weighted by Crippen LogP contribution is -2.34. The number of aromatic nitrogens is 6. The Morgan fingerprint density at radius 3 is 2.78 bits per heavy atom. The number of imidazole rings is 1. The van der Waals surface area contributed by atoms with Gasteiger partial charge >= 0.3 is 0 Å². The maximum absolute atomic E-state index is 15.7. The molecule has 0 bridgehead atoms. The maximum atomic E-state index is 15.7. The van der Waals surface area contributed by atoms with Crippen molar-refractivity contribution in [2.45, 2.75) is 47.1 Å². The Morgan fingerprint density at radius 1 is 1.24 bits per heavy atom. The van der Waals surface area contributed by atoms with E-state index in [-0.39, 0.29) is 22.7 Å². The van der Waals surface area contributed by atoms with Gasteiger partial charge in [-0.05, 0) is 17.9 Å². The number of anilines is 2. The van der Waals surface area contributed by atoms with E-state index in [9.17, 15) is 19.9 Å². The van der Waals surface area contributed by atoms with E-state index < -0.39 is 72.3 Å². The number of pyridine rings is 1. The van der Waals surface area contributed by atoms with Gasteiger partial charge in [0.25, 0.3) is 5.56 Å². The highest BCUT2D eigenvalue weighted by atomic mass is 32.5. The summed E-state index contributed by atoms with van der Waals surface area (Å²) in [6.07, 6.45) is -3.95. The van der Waals surface area contributed by atoms with E-state index >= 15 is 8.78 Å². The number of aromatic amines is 1. The zero-order chi connectivity index (χ0) is 29.2. The molecule has 0 aliphatic carbocycles. The first-order valence-corrected chi connectivity index (χ1v) is 16.0. The van der Waals surface area contributed by atoms with E-state index in [1.807, 2.05) is 0 Å². The lowest BCUT2D eigenvalue weighted by atomic mass is 10.1. The Hall–Kier alpha value is -2.70. The number of nitrogens with two attached hydrogens (primary N) is 2. The molecule has 4 aromatic heterocycles. The number of aliphatic hydroxyl groups is 2. The van der Waals surface area contributed by atoms with E-state index in [0.717, 1.165) is 11.8 Å². The minimum absolute atomic E-state index is 0.0423. The molecule has 2 aliphatic heterocycles. The fourth-order valence-electron chi connectivity index (χ4n) is 5.22. The molecule has 19 heteroatoms. The predicted octanol–water partition coefficient (Wildman–Crippen LogP) is 0.562. The van der Waals surface area contributed by atoms with Crippen LogP contribution in [-0.4, -0.2) is 92.9 Å². The fourth-order valence-corrected chi connectivity index (χ4v) is 10.1. The van der Waals surface area contributed by atoms with E-state index in [4.69, 9.17) is 32.5 Å². The lowest BCUT2D eigenvalue weighted by Gasteiger charge is -2.30. The number of fused-ring (bicyclic) bond motifs is 2. The maximum Gasteiger partial charge on any atom is 0.277 e. The summed E-state index contributed by atoms with van der Waals surface area (Å²) in [6.45, 7) is -5.18. The molecule has 0 spiro atoms. The van der Waals surface area contributed by atoms with Crippen molar-refractivity contribution in [1.29, 1.82) is 0 Å². The Bertz CT molecular complexity index is 1720. The number of nitrogen functional groups attached to an aromatic ring is 2. The van der Waals surface area contributed by atoms with Crippen molar-refractivity contribution in [2.24, 2.45) is 0 Å². The van der Waals surface area contributed by atoms with Gasteiger partial charge < -0.3 is 50.0 Å². The smallest absolute Gasteiger partial charge is 0.277 e. The highest BCUT2D eigenvalue weighted by Gasteiger charge is 2.54. The minimum atomic E-state index is -4.07. The van der Waals surface area contributed by atoms with E-state index in [0.29, 0.717) is 11.0 Å². The standard InChI is InChI=1S/C22H25F2N8O6PS2/c23-13-11(4-33)41-22(32-7-29-15-9(32)3-12(25)30-20(15)35)17(13)39(36,40)37-5-10-16(34)14(24)21(38-10)31-2-1-8-18(26)27-6-28-19(8)31/h1-3,6-7,10-11,13-14,16-17,21-22,33-34H,4-5H2,(H,36,40)(H3,25,30,35)(H2,26,27,28)/t10-,11-,13-,14+,16-,17-,21-,22-,39?/m1/s1. The molecule has 220 valence electrons. The number of nitrogens with zero attached hydrogens (tertiary/aromatic N) is 5. The number of halogens is 2. The zero-order valence-corrected chi connectivity index (χ0v) is 23.4. The van der Waals surface area contributed by atoms with Gasteiger partial charge in [-0.2, -0.15) is 0 Å². The van der Waals surface area contributed by atoms with Crippen LogP contribution in [0.5, 0.6) is 0 Å². The number of alkyl halides is 2. The van der Waals surface area contributed by atoms with Crippen molar-refractivity contribution in [1.82, 2.24) is 29.1 Å². The highest BCUT2D eigenvalue weighted by molar-refractivity contribution is 8.10. The molecule has 0 aromatic carbocycles. The molecule has 0 saturated carbocycles. The largest absolute Gasteiger partial charge is 0.395 e. The van der Waals surface area contributed by atoms with Gasteiger partial charge in [-0.3, -0.25) is 4.79 Å². The van der Waals surface area contributed by atoms with Gasteiger partial charge in [0.2, 0.25) is 0 Å². The average Bonchev–Trinajstić information content (AvgIpc) is 3.68. The number of ether oxygens (including phenoxy) is 1. The SMILES string of the molecule is Nc1cc2c(ncn2[C@@H]2S[C@H](CO)[C@@H](F)[C@H]2P(O)(=S)OC[C@H]2O[C@@H](n3ccc4c(N)ncnc43)[C@@H](F)[C@@H]2O)c(=O)[nH]1. The number of thioether (sulfide) groups is 1. The Labute approximate surface area is 238 Å². The molecule has 2 fully saturated rings. The highest BCUT2D eigenvalue weighted by Crippen LogP contribution is 2.62. The topological polar surface area (TPSA) is 213 Å². The monoisotopic (exact) mass is 630 g/mol. The van der Waals surface area contributed by atoms with Crippen LogP contribution in [0.15, 0.2) is 35.8 Å². The molecule has 41 heavy (non-hydrogen) atoms. The molecule has 6 rings (SSSR count). The van der Waals surface area contributed by atoms with Crippen molar-refractivity contribution in [2.75, 3.05) is 24.7 Å². The number of hydrogen-bond donors (Lipinski definition) is 6.